The Balaban J connectivity index is 1.24. The van der Waals surface area contributed by atoms with Crippen molar-refractivity contribution in [1.29, 1.82) is 0 Å². The Labute approximate surface area is 286 Å². The third-order valence-corrected chi connectivity index (χ3v) is 11.9. The number of alkyl halides is 3. The molecule has 4 atom stereocenters. The van der Waals surface area contributed by atoms with Crippen LogP contribution in [0, 0.1) is 17.7 Å². The number of halogens is 4. The Kier molecular flexibility index (Phi) is 11.2. The smallest absolute Gasteiger partial charge is 0.480 e. The van der Waals surface area contributed by atoms with E-state index in [1.807, 2.05) is 43.5 Å². The molecule has 3 unspecified atom stereocenters. The second-order valence-corrected chi connectivity index (χ2v) is 15.9. The number of hydrogen-bond acceptors (Lipinski definition) is 6. The van der Waals surface area contributed by atoms with Gasteiger partial charge in [0.1, 0.15) is 11.9 Å². The van der Waals surface area contributed by atoms with E-state index in [9.17, 15) is 35.9 Å². The summed E-state index contributed by atoms with van der Waals surface area (Å²) < 4.78 is 78.6. The molecule has 5 rings (SSSR count). The van der Waals surface area contributed by atoms with Gasteiger partial charge < -0.3 is 10.0 Å². The molecule has 3 aromatic rings. The molecule has 0 amide bonds. The van der Waals surface area contributed by atoms with Crippen LogP contribution >= 0.6 is 0 Å². The van der Waals surface area contributed by atoms with Crippen LogP contribution in [0.2, 0.25) is 0 Å². The first-order chi connectivity index (χ1) is 23.1. The number of likely N-dealkylation sites (tertiary alicyclic amines) is 1. The highest BCUT2D eigenvalue weighted by atomic mass is 32.2. The molecule has 13 heteroatoms. The number of aromatic nitrogens is 2. The number of carboxylic acids is 1. The number of nitrogens with zero attached hydrogens (tertiary/aromatic N) is 4. The summed E-state index contributed by atoms with van der Waals surface area (Å²) in [5.41, 5.74) is -1.84. The van der Waals surface area contributed by atoms with Gasteiger partial charge in [-0.15, -0.1) is 0 Å². The molecule has 1 saturated heterocycles. The number of piperidine rings is 1. The minimum Gasteiger partial charge on any atom is -0.480 e. The maximum atomic E-state index is 14.3. The van der Waals surface area contributed by atoms with Crippen molar-refractivity contribution >= 4 is 15.8 Å². The quantitative estimate of drug-likeness (QED) is 0.209. The summed E-state index contributed by atoms with van der Waals surface area (Å²) in [4.78, 5) is 15.8. The molecule has 0 bridgehead atoms. The second-order valence-electron chi connectivity index (χ2n) is 14.0. The van der Waals surface area contributed by atoms with Crippen molar-refractivity contribution in [1.82, 2.24) is 19.6 Å². The van der Waals surface area contributed by atoms with Gasteiger partial charge in [-0.1, -0.05) is 38.1 Å². The minimum atomic E-state index is -5.40. The standard InChI is InChI=1S/C36H46F4N4O4S/c1-5-44-33(20-29(41-44)17-24-9-11-31(12-10-24)49(47,48)36(38,39)40)25-13-15-43(16-14-25)22-27-19-30(42(4)34(23(2)3)35(45)46)21-32(27)26-7-6-8-28(37)18-26/h6-12,18,20,23,25,27,30,32,34H,5,13-17,19,21-22H2,1-4H3,(H,45,46)/t27?,30?,32?,34-/m1/s1. The molecule has 1 aliphatic heterocycles. The van der Waals surface area contributed by atoms with Crippen molar-refractivity contribution in [2.45, 2.75) is 93.7 Å². The number of hydrogen-bond donors (Lipinski definition) is 1. The molecule has 8 nitrogen and oxygen atoms in total. The number of aliphatic carboxylic acids is 1. The van der Waals surface area contributed by atoms with Gasteiger partial charge in [-0.25, -0.2) is 12.8 Å². The molecule has 2 aromatic carbocycles. The first-order valence-corrected chi connectivity index (χ1v) is 18.5. The first kappa shape index (κ1) is 37.0. The summed E-state index contributed by atoms with van der Waals surface area (Å²) >= 11 is 0. The van der Waals surface area contributed by atoms with Crippen LogP contribution in [0.25, 0.3) is 0 Å². The number of likely N-dealkylation sites (N-methyl/N-ethyl adjacent to an activating group) is 1. The lowest BCUT2D eigenvalue weighted by atomic mass is 9.87. The normalized spacial score (nSPS) is 21.9. The molecular weight excluding hydrogens is 660 g/mol. The Morgan fingerprint density at radius 3 is 2.31 bits per heavy atom. The van der Waals surface area contributed by atoms with Crippen LogP contribution < -0.4 is 0 Å². The molecule has 0 spiro atoms. The zero-order valence-electron chi connectivity index (χ0n) is 28.4. The van der Waals surface area contributed by atoms with Gasteiger partial charge >= 0.3 is 11.5 Å². The van der Waals surface area contributed by atoms with E-state index in [2.05, 4.69) is 11.0 Å². The maximum Gasteiger partial charge on any atom is 0.501 e. The molecular formula is C36H46F4N4O4S. The fourth-order valence-corrected chi connectivity index (χ4v) is 8.72. The Morgan fingerprint density at radius 2 is 1.73 bits per heavy atom. The zero-order valence-corrected chi connectivity index (χ0v) is 29.2. The molecule has 1 aliphatic carbocycles. The van der Waals surface area contributed by atoms with Crippen molar-refractivity contribution < 1.29 is 35.9 Å². The summed E-state index contributed by atoms with van der Waals surface area (Å²) in [7, 11) is -3.50. The van der Waals surface area contributed by atoms with Gasteiger partial charge in [-0.05, 0) is 112 Å². The minimum absolute atomic E-state index is 0.0482. The van der Waals surface area contributed by atoms with Crippen molar-refractivity contribution in [2.24, 2.45) is 11.8 Å². The highest BCUT2D eigenvalue weighted by Crippen LogP contribution is 2.44. The molecule has 2 heterocycles. The molecule has 2 aliphatic rings. The van der Waals surface area contributed by atoms with Crippen LogP contribution in [-0.4, -0.2) is 83.3 Å². The van der Waals surface area contributed by atoms with Crippen LogP contribution in [0.5, 0.6) is 0 Å². The predicted molar refractivity (Wildman–Crippen MR) is 178 cm³/mol. The Bertz CT molecular complexity index is 1700. The van der Waals surface area contributed by atoms with Gasteiger partial charge in [0.25, 0.3) is 9.84 Å². The summed E-state index contributed by atoms with van der Waals surface area (Å²) in [6.07, 6.45) is 3.82. The SMILES string of the molecule is CCn1nc(Cc2ccc(S(=O)(=O)C(F)(F)F)cc2)cc1C1CCN(CC2CC(N(C)[C@@H](C(=O)O)C(C)C)CC2c2cccc(F)c2)CC1. The summed E-state index contributed by atoms with van der Waals surface area (Å²) in [6.45, 7) is 9.13. The number of sulfone groups is 1. The highest BCUT2D eigenvalue weighted by Gasteiger charge is 2.47. The van der Waals surface area contributed by atoms with Crippen LogP contribution in [0.15, 0.2) is 59.5 Å². The fraction of sp³-hybridized carbons (Fsp3) is 0.556. The van der Waals surface area contributed by atoms with E-state index >= 15 is 0 Å². The van der Waals surface area contributed by atoms with E-state index in [4.69, 9.17) is 5.10 Å². The van der Waals surface area contributed by atoms with E-state index < -0.39 is 32.3 Å². The third-order valence-electron chi connectivity index (χ3n) is 10.4. The molecule has 2 fully saturated rings. The van der Waals surface area contributed by atoms with Gasteiger partial charge in [0.05, 0.1) is 10.6 Å². The van der Waals surface area contributed by atoms with E-state index in [1.165, 1.54) is 18.2 Å². The van der Waals surface area contributed by atoms with Crippen LogP contribution in [0.1, 0.15) is 80.8 Å². The molecule has 1 saturated carbocycles. The predicted octanol–water partition coefficient (Wildman–Crippen LogP) is 6.71. The van der Waals surface area contributed by atoms with Crippen LogP contribution in [0.3, 0.4) is 0 Å². The topological polar surface area (TPSA) is 95.7 Å². The molecule has 1 N–H and O–H groups in total. The fourth-order valence-electron chi connectivity index (χ4n) is 7.96. The number of rotatable bonds is 12. The Morgan fingerprint density at radius 1 is 1.06 bits per heavy atom. The Hall–Kier alpha value is -3.29. The van der Waals surface area contributed by atoms with Crippen molar-refractivity contribution in [3.05, 3.63) is 82.9 Å². The zero-order chi connectivity index (χ0) is 35.7. The number of benzene rings is 2. The van der Waals surface area contributed by atoms with Crippen LogP contribution in [0.4, 0.5) is 17.6 Å². The average Bonchev–Trinajstić information content (AvgIpc) is 3.65. The average molecular weight is 707 g/mol. The lowest BCUT2D eigenvalue weighted by molar-refractivity contribution is -0.145. The first-order valence-electron chi connectivity index (χ1n) is 17.0. The van der Waals surface area contributed by atoms with Crippen molar-refractivity contribution in [2.75, 3.05) is 26.7 Å². The second kappa shape index (κ2) is 14.9. The van der Waals surface area contributed by atoms with E-state index in [1.54, 1.807) is 12.1 Å². The highest BCUT2D eigenvalue weighted by molar-refractivity contribution is 7.92. The number of carbonyl (C=O) groups is 1. The molecule has 1 aromatic heterocycles. The summed E-state index contributed by atoms with van der Waals surface area (Å²) in [6, 6.07) is 13.1. The number of aryl methyl sites for hydroxylation is 1. The van der Waals surface area contributed by atoms with E-state index in [-0.39, 0.29) is 35.5 Å². The van der Waals surface area contributed by atoms with Gasteiger partial charge in [-0.2, -0.15) is 18.3 Å². The molecule has 49 heavy (non-hydrogen) atoms. The van der Waals surface area contributed by atoms with E-state index in [0.717, 1.165) is 74.4 Å². The molecule has 268 valence electrons. The van der Waals surface area contributed by atoms with Crippen molar-refractivity contribution in [3.63, 3.8) is 0 Å². The monoisotopic (exact) mass is 706 g/mol. The van der Waals surface area contributed by atoms with E-state index in [0.29, 0.717) is 18.5 Å². The summed E-state index contributed by atoms with van der Waals surface area (Å²) in [5.74, 6) is -0.493. The van der Waals surface area contributed by atoms with Gasteiger partial charge in [0.2, 0.25) is 0 Å². The largest absolute Gasteiger partial charge is 0.501 e. The molecule has 0 radical (unpaired) electrons. The number of carboxylic acid groups (broad SMARTS) is 1. The van der Waals surface area contributed by atoms with Gasteiger partial charge in [0.15, 0.2) is 0 Å². The van der Waals surface area contributed by atoms with Gasteiger partial charge in [-0.3, -0.25) is 14.4 Å². The van der Waals surface area contributed by atoms with Gasteiger partial charge in [0, 0.05) is 37.2 Å². The maximum absolute atomic E-state index is 14.3. The van der Waals surface area contributed by atoms with Crippen molar-refractivity contribution in [3.8, 4) is 0 Å². The van der Waals surface area contributed by atoms with Crippen LogP contribution in [-0.2, 0) is 27.6 Å². The lowest BCUT2D eigenvalue weighted by Crippen LogP contribution is -2.47. The lowest BCUT2D eigenvalue weighted by Gasteiger charge is -2.35. The third kappa shape index (κ3) is 8.20. The summed E-state index contributed by atoms with van der Waals surface area (Å²) in [5, 5.41) is 14.7.